The number of nitrogen functional groups attached to an aromatic ring is 1. The lowest BCUT2D eigenvalue weighted by atomic mass is 9.74. The molecule has 3 fully saturated rings. The van der Waals surface area contributed by atoms with Gasteiger partial charge in [0, 0.05) is 29.6 Å². The Bertz CT molecular complexity index is 2040. The zero-order chi connectivity index (χ0) is 47.3. The molecule has 2 bridgehead atoms. The summed E-state index contributed by atoms with van der Waals surface area (Å²) in [4.78, 5) is 67.5. The topological polar surface area (TPSA) is 243 Å². The molecular weight excluding hydrogens is 853 g/mol. The molecule has 20 heteroatoms. The summed E-state index contributed by atoms with van der Waals surface area (Å²) in [6.45, 7) is 14.0. The molecule has 3 saturated heterocycles. The Balaban J connectivity index is 1.66. The highest BCUT2D eigenvalue weighted by Gasteiger charge is 2.54. The highest BCUT2D eigenvalue weighted by Crippen LogP contribution is 2.40. The van der Waals surface area contributed by atoms with Gasteiger partial charge in [-0.2, -0.15) is 0 Å². The normalized spacial score (nSPS) is 35.9. The van der Waals surface area contributed by atoms with Gasteiger partial charge in [-0.3, -0.25) is 14.4 Å². The number of pyridine rings is 1. The number of aromatic nitrogens is 1. The van der Waals surface area contributed by atoms with E-state index in [9.17, 15) is 29.6 Å². The first-order chi connectivity index (χ1) is 30.1. The zero-order valence-electron chi connectivity index (χ0n) is 38.6. The molecule has 0 aromatic carbocycles. The average Bonchev–Trinajstić information content (AvgIpc) is 3.70. The van der Waals surface area contributed by atoms with Crippen LogP contribution in [0, 0.1) is 28.6 Å². The van der Waals surface area contributed by atoms with Crippen LogP contribution in [-0.2, 0) is 54.2 Å². The number of Topliss-reactive ketones (excluding diaryl/α,β-unsaturated/α-hetero) is 1. The molecule has 2 aromatic heterocycles. The molecule has 5 rings (SSSR count). The van der Waals surface area contributed by atoms with Crippen LogP contribution in [0.4, 0.5) is 5.82 Å². The largest absolute Gasteiger partial charge is 0.459 e. The summed E-state index contributed by atoms with van der Waals surface area (Å²) in [7, 11) is 3.70. The predicted molar refractivity (Wildman–Crippen MR) is 235 cm³/mol. The lowest BCUT2D eigenvalue weighted by molar-refractivity contribution is -0.796. The highest BCUT2D eigenvalue weighted by molar-refractivity contribution is 7.15. The van der Waals surface area contributed by atoms with E-state index < -0.39 is 88.3 Å². The number of carbonyl (C=O) groups is 3. The van der Waals surface area contributed by atoms with Crippen molar-refractivity contribution in [1.29, 1.82) is 0 Å². The Morgan fingerprint density at radius 1 is 1.09 bits per heavy atom. The zero-order valence-corrected chi connectivity index (χ0v) is 39.4. The third-order valence-electron chi connectivity index (χ3n) is 12.4. The second-order valence-electron chi connectivity index (χ2n) is 17.8. The number of anilines is 1. The van der Waals surface area contributed by atoms with Gasteiger partial charge in [-0.05, 0) is 85.3 Å². The summed E-state index contributed by atoms with van der Waals surface area (Å²) in [5.41, 5.74) is 3.46. The highest BCUT2D eigenvalue weighted by atomic mass is 32.1. The number of oxime groups is 1. The molecule has 64 heavy (non-hydrogen) atoms. The number of ketones is 1. The van der Waals surface area contributed by atoms with Crippen LogP contribution in [-0.4, -0.2) is 136 Å². The predicted octanol–water partition coefficient (Wildman–Crippen LogP) is 4.94. The number of aliphatic hydroxyl groups is 1. The molecule has 0 spiro atoms. The van der Waals surface area contributed by atoms with Gasteiger partial charge >= 0.3 is 17.0 Å². The SMILES string of the molecule is CC[C@H]1OC(=O)[C@H](C)C(=O)[C@H](C)[C@@H](O[C@@H]2O[C@H](C)C[C@H](N(C)C)[C@H]2OC(C)=O)[C@@]2(C)C[C@@H](C)C(=N[N+](=O)O)[C@H](C)[C@@H](OCC(=NOCc3ccc(-c4cccc(N)n4)s3)CO2)[C@]1(C)O. The summed E-state index contributed by atoms with van der Waals surface area (Å²) in [5, 5.41) is 30.4. The van der Waals surface area contributed by atoms with E-state index in [0.717, 1.165) is 9.75 Å². The van der Waals surface area contributed by atoms with E-state index >= 15 is 0 Å². The second kappa shape index (κ2) is 21.2. The number of hydrogen-bond acceptors (Lipinski definition) is 17. The number of cyclic esters (lactones) is 1. The van der Waals surface area contributed by atoms with Crippen LogP contribution in [0.3, 0.4) is 0 Å². The van der Waals surface area contributed by atoms with Crippen molar-refractivity contribution in [2.45, 2.75) is 142 Å². The van der Waals surface area contributed by atoms with Crippen molar-refractivity contribution < 1.29 is 63.0 Å². The molecule has 0 amide bonds. The molecule has 0 radical (unpaired) electrons. The fourth-order valence-electron chi connectivity index (χ4n) is 9.17. The fraction of sp³-hybridized carbons (Fsp3) is 0.682. The quantitative estimate of drug-likeness (QED) is 0.162. The van der Waals surface area contributed by atoms with Gasteiger partial charge in [0.1, 0.15) is 39.8 Å². The maximum absolute atomic E-state index is 14.6. The number of hydrazone groups is 1. The molecule has 0 aliphatic carbocycles. The van der Waals surface area contributed by atoms with Crippen molar-refractivity contribution >= 4 is 46.3 Å². The van der Waals surface area contributed by atoms with Crippen LogP contribution >= 0.6 is 11.3 Å². The van der Waals surface area contributed by atoms with Gasteiger partial charge in [-0.25, -0.2) is 10.2 Å². The van der Waals surface area contributed by atoms with Gasteiger partial charge in [-0.15, -0.1) is 11.3 Å². The average molecular weight is 918 g/mol. The van der Waals surface area contributed by atoms with Crippen LogP contribution in [0.5, 0.6) is 0 Å². The molecule has 5 heterocycles. The number of carbonyl (C=O) groups excluding carboxylic acids is 3. The Morgan fingerprint density at radius 3 is 2.45 bits per heavy atom. The number of fused-ring (bicyclic) bond motifs is 5. The molecular formula is C44H65N6O13S+. The Labute approximate surface area is 378 Å². The van der Waals surface area contributed by atoms with E-state index in [4.69, 9.17) is 39.0 Å². The Hall–Kier alpha value is -4.44. The molecule has 2 aromatic rings. The molecule has 19 nitrogen and oxygen atoms in total. The van der Waals surface area contributed by atoms with E-state index in [0.29, 0.717) is 17.9 Å². The minimum atomic E-state index is -1.96. The summed E-state index contributed by atoms with van der Waals surface area (Å²) < 4.78 is 38.5. The van der Waals surface area contributed by atoms with Gasteiger partial charge in [-0.1, -0.05) is 38.9 Å². The number of nitrogens with two attached hydrogens (primary N) is 1. The van der Waals surface area contributed by atoms with Crippen molar-refractivity contribution in [2.75, 3.05) is 33.0 Å². The second-order valence-corrected chi connectivity index (χ2v) is 19.0. The Morgan fingerprint density at radius 2 is 1.81 bits per heavy atom. The Kier molecular flexibility index (Phi) is 16.8. The van der Waals surface area contributed by atoms with Gasteiger partial charge in [0.05, 0.1) is 58.8 Å². The van der Waals surface area contributed by atoms with E-state index in [1.165, 1.54) is 32.1 Å². The molecule has 3 aliphatic rings. The van der Waals surface area contributed by atoms with Crippen LogP contribution in [0.15, 0.2) is 40.6 Å². The van der Waals surface area contributed by atoms with E-state index in [2.05, 4.69) is 15.2 Å². The van der Waals surface area contributed by atoms with Crippen molar-refractivity contribution in [3.63, 3.8) is 0 Å². The van der Waals surface area contributed by atoms with Gasteiger partial charge in [0.25, 0.3) is 0 Å². The minimum absolute atomic E-state index is 0.0149. The number of rotatable bonds is 10. The van der Waals surface area contributed by atoms with Gasteiger partial charge in [0.15, 0.2) is 24.8 Å². The summed E-state index contributed by atoms with van der Waals surface area (Å²) in [6.07, 6.45) is -5.70. The van der Waals surface area contributed by atoms with Crippen LogP contribution in [0.1, 0.15) is 86.5 Å². The maximum atomic E-state index is 14.6. The molecule has 354 valence electrons. The number of thiophene rings is 1. The van der Waals surface area contributed by atoms with E-state index in [-0.39, 0.29) is 56.2 Å². The van der Waals surface area contributed by atoms with E-state index in [1.807, 2.05) is 50.2 Å². The standard InChI is InChI=1S/C44H65N6O13S/c1-12-34-44(9,54)40-25(4)36(47-50(55)56)23(2)19-43(8,58-21-29(20-57-40)48-59-22-30-16-17-33(64-30)31-14-13-15-35(45)46-31)39(26(5)37(52)27(6)41(53)62-34)63-42-38(61-28(7)51)32(49(10)11)18-24(3)60-42/h13-17,23-27,32,34,38-40,42,54H,12,18-22H2,1-11H3,(H2,45,46)(H,55,56)/q+1/t23-,24-,25+,26+,27-,32+,34-,38-,39-,40-,42+,43-,44-/m1/s1. The number of esters is 2. The van der Waals surface area contributed by atoms with Crippen LogP contribution in [0.25, 0.3) is 10.6 Å². The number of hydrogen-bond donors (Lipinski definition) is 3. The minimum Gasteiger partial charge on any atom is -0.459 e. The summed E-state index contributed by atoms with van der Waals surface area (Å²) in [6, 6.07) is 8.82. The lowest BCUT2D eigenvalue weighted by Crippen LogP contribution is -2.60. The molecule has 0 saturated carbocycles. The van der Waals surface area contributed by atoms with Crippen molar-refractivity contribution in [3.05, 3.63) is 40.1 Å². The first-order valence-electron chi connectivity index (χ1n) is 21.7. The monoisotopic (exact) mass is 917 g/mol. The number of ether oxygens (including phenoxy) is 6. The first kappa shape index (κ1) is 50.6. The van der Waals surface area contributed by atoms with Crippen molar-refractivity contribution in [2.24, 2.45) is 33.9 Å². The van der Waals surface area contributed by atoms with Crippen molar-refractivity contribution in [3.8, 4) is 10.6 Å². The van der Waals surface area contributed by atoms with E-state index in [1.54, 1.807) is 40.7 Å². The molecule has 0 unspecified atom stereocenters. The molecule has 4 N–H and O–H groups in total. The number of nitrogens with zero attached hydrogens (tertiary/aromatic N) is 5. The smallest absolute Gasteiger partial charge is 0.387 e. The summed E-state index contributed by atoms with van der Waals surface area (Å²) in [5.74, 6) is -5.74. The molecule has 13 atom stereocenters. The van der Waals surface area contributed by atoms with Crippen LogP contribution < -0.4 is 5.73 Å². The maximum Gasteiger partial charge on any atom is 0.387 e. The molecule has 3 aliphatic heterocycles. The lowest BCUT2D eigenvalue weighted by Gasteiger charge is -2.48. The third kappa shape index (κ3) is 11.9. The van der Waals surface area contributed by atoms with Gasteiger partial charge in [0.2, 0.25) is 0 Å². The number of likely N-dealkylation sites (N-methyl/N-ethyl adjacent to an activating group) is 1. The third-order valence-corrected chi connectivity index (χ3v) is 13.5. The fourth-order valence-corrected chi connectivity index (χ4v) is 10.1. The van der Waals surface area contributed by atoms with Gasteiger partial charge < -0.3 is 49.0 Å². The summed E-state index contributed by atoms with van der Waals surface area (Å²) >= 11 is 1.45. The van der Waals surface area contributed by atoms with Crippen LogP contribution in [0.2, 0.25) is 0 Å². The van der Waals surface area contributed by atoms with Crippen molar-refractivity contribution in [1.82, 2.24) is 9.88 Å². The first-order valence-corrected chi connectivity index (χ1v) is 22.5.